The summed E-state index contributed by atoms with van der Waals surface area (Å²) in [5.74, 6) is -0.848. The fourth-order valence-corrected chi connectivity index (χ4v) is 9.86. The molecule has 0 saturated carbocycles. The van der Waals surface area contributed by atoms with Crippen molar-refractivity contribution in [2.24, 2.45) is 0 Å². The number of likely N-dealkylation sites (N-methyl/N-ethyl adjacent to an activating group) is 1. The molecule has 0 fully saturated rings. The van der Waals surface area contributed by atoms with Crippen LogP contribution >= 0.6 is 7.82 Å². The summed E-state index contributed by atoms with van der Waals surface area (Å²) in [6.07, 6.45) is 96.3. The van der Waals surface area contributed by atoms with Gasteiger partial charge < -0.3 is 27.9 Å². The summed E-state index contributed by atoms with van der Waals surface area (Å²) in [5, 5.41) is 0. The van der Waals surface area contributed by atoms with Crippen LogP contribution in [-0.2, 0) is 32.7 Å². The second-order valence-corrected chi connectivity index (χ2v) is 25.2. The second kappa shape index (κ2) is 65.3. The summed E-state index contributed by atoms with van der Waals surface area (Å²) in [6, 6.07) is 0. The molecule has 9 nitrogen and oxygen atoms in total. The lowest BCUT2D eigenvalue weighted by atomic mass is 10.0. The summed E-state index contributed by atoms with van der Waals surface area (Å²) >= 11 is 0. The van der Waals surface area contributed by atoms with Crippen LogP contribution in [0.25, 0.3) is 0 Å². The minimum absolute atomic E-state index is 0.0396. The molecular formula is C76H128NO8P. The van der Waals surface area contributed by atoms with Crippen molar-refractivity contribution in [3.63, 3.8) is 0 Å². The molecule has 0 saturated heterocycles. The van der Waals surface area contributed by atoms with Crippen molar-refractivity contribution >= 4 is 19.8 Å². The number of esters is 2. The SMILES string of the molecule is CC/C=C\C/C=C\C/C=C\C/C=C\C/C=C\C/C=C\C/C=C\CCCCCCCCCC(=O)OC(COC(=O)CCCCCCCCCCCCCCCCCCC/C=C\C/C=C\C/C=C\C/C=C\C/C=C\CC)COP(=O)([O-])OCC[N+](C)(C)C. The van der Waals surface area contributed by atoms with Crippen LogP contribution in [0.1, 0.15) is 271 Å². The third-order valence-electron chi connectivity index (χ3n) is 14.4. The Balaban J connectivity index is 4.10. The van der Waals surface area contributed by atoms with Crippen molar-refractivity contribution in [2.45, 2.75) is 277 Å². The van der Waals surface area contributed by atoms with Gasteiger partial charge in [-0.1, -0.05) is 288 Å². The molecule has 0 N–H and O–H groups in total. The van der Waals surface area contributed by atoms with Crippen LogP contribution in [0.2, 0.25) is 0 Å². The van der Waals surface area contributed by atoms with E-state index in [4.69, 9.17) is 18.5 Å². The number of unbranched alkanes of at least 4 members (excludes halogenated alkanes) is 24. The van der Waals surface area contributed by atoms with E-state index in [1.807, 2.05) is 21.1 Å². The van der Waals surface area contributed by atoms with E-state index in [2.05, 4.69) is 160 Å². The quantitative estimate of drug-likeness (QED) is 0.0195. The maximum absolute atomic E-state index is 12.9. The highest BCUT2D eigenvalue weighted by Crippen LogP contribution is 2.38. The third-order valence-corrected chi connectivity index (χ3v) is 15.3. The van der Waals surface area contributed by atoms with E-state index in [0.717, 1.165) is 122 Å². The average molecular weight is 1210 g/mol. The molecule has 0 aliphatic rings. The first-order valence-electron chi connectivity index (χ1n) is 34.5. The molecule has 2 atom stereocenters. The number of allylic oxidation sites excluding steroid dienone is 24. The summed E-state index contributed by atoms with van der Waals surface area (Å²) in [6.45, 7) is 4.00. The molecular weight excluding hydrogens is 1090 g/mol. The smallest absolute Gasteiger partial charge is 0.306 e. The Bertz CT molecular complexity index is 1960. The highest BCUT2D eigenvalue weighted by atomic mass is 31.2. The molecule has 0 aromatic rings. The molecule has 490 valence electrons. The monoisotopic (exact) mass is 1210 g/mol. The Morgan fingerprint density at radius 1 is 0.360 bits per heavy atom. The summed E-state index contributed by atoms with van der Waals surface area (Å²) in [7, 11) is 1.15. The molecule has 0 aliphatic heterocycles. The zero-order chi connectivity index (χ0) is 62.6. The lowest BCUT2D eigenvalue weighted by Crippen LogP contribution is -2.37. The molecule has 0 rings (SSSR count). The predicted octanol–water partition coefficient (Wildman–Crippen LogP) is 22.0. The third kappa shape index (κ3) is 69.0. The highest BCUT2D eigenvalue weighted by molar-refractivity contribution is 7.45. The van der Waals surface area contributed by atoms with Crippen molar-refractivity contribution in [2.75, 3.05) is 47.5 Å². The number of hydrogen-bond acceptors (Lipinski definition) is 8. The van der Waals surface area contributed by atoms with Crippen LogP contribution < -0.4 is 4.89 Å². The summed E-state index contributed by atoms with van der Waals surface area (Å²) < 4.78 is 34.3. The first-order chi connectivity index (χ1) is 42.0. The van der Waals surface area contributed by atoms with Gasteiger partial charge in [-0.2, -0.15) is 0 Å². The first kappa shape index (κ1) is 81.9. The van der Waals surface area contributed by atoms with Gasteiger partial charge in [-0.15, -0.1) is 0 Å². The van der Waals surface area contributed by atoms with Gasteiger partial charge in [0.1, 0.15) is 19.8 Å². The van der Waals surface area contributed by atoms with Crippen LogP contribution in [0.5, 0.6) is 0 Å². The molecule has 10 heteroatoms. The summed E-state index contributed by atoms with van der Waals surface area (Å²) in [4.78, 5) is 38.1. The number of carbonyl (C=O) groups excluding carboxylic acids is 2. The van der Waals surface area contributed by atoms with Crippen molar-refractivity contribution in [1.82, 2.24) is 0 Å². The van der Waals surface area contributed by atoms with Gasteiger partial charge >= 0.3 is 11.9 Å². The zero-order valence-corrected chi connectivity index (χ0v) is 56.6. The summed E-state index contributed by atoms with van der Waals surface area (Å²) in [5.41, 5.74) is 0. The topological polar surface area (TPSA) is 111 Å². The van der Waals surface area contributed by atoms with Crippen LogP contribution in [-0.4, -0.2) is 70.0 Å². The first-order valence-corrected chi connectivity index (χ1v) is 36.0. The fourth-order valence-electron chi connectivity index (χ4n) is 9.14. The molecule has 0 amide bonds. The number of carbonyl (C=O) groups is 2. The van der Waals surface area contributed by atoms with E-state index in [-0.39, 0.29) is 32.0 Å². The highest BCUT2D eigenvalue weighted by Gasteiger charge is 2.22. The van der Waals surface area contributed by atoms with Crippen molar-refractivity contribution in [3.05, 3.63) is 146 Å². The van der Waals surface area contributed by atoms with Gasteiger partial charge in [0.05, 0.1) is 27.7 Å². The van der Waals surface area contributed by atoms with E-state index in [1.165, 1.54) is 116 Å². The predicted molar refractivity (Wildman–Crippen MR) is 369 cm³/mol. The van der Waals surface area contributed by atoms with Gasteiger partial charge in [-0.25, -0.2) is 0 Å². The molecule has 0 heterocycles. The average Bonchev–Trinajstić information content (AvgIpc) is 3.67. The Kier molecular flexibility index (Phi) is 62.2. The number of phosphoric ester groups is 1. The molecule has 86 heavy (non-hydrogen) atoms. The minimum Gasteiger partial charge on any atom is -0.756 e. The minimum atomic E-state index is -4.65. The van der Waals surface area contributed by atoms with Gasteiger partial charge in [0.15, 0.2) is 6.10 Å². The van der Waals surface area contributed by atoms with Crippen molar-refractivity contribution < 1.29 is 42.1 Å². The molecule has 0 radical (unpaired) electrons. The number of phosphoric acid groups is 1. The maximum Gasteiger partial charge on any atom is 0.306 e. The normalized spacial score (nSPS) is 14.1. The molecule has 0 spiro atoms. The van der Waals surface area contributed by atoms with Crippen LogP contribution in [0, 0.1) is 0 Å². The number of nitrogens with zero attached hydrogens (tertiary/aromatic N) is 1. The Hall–Kier alpha value is -4.11. The number of ether oxygens (including phenoxy) is 2. The zero-order valence-electron chi connectivity index (χ0n) is 55.7. The molecule has 0 bridgehead atoms. The lowest BCUT2D eigenvalue weighted by molar-refractivity contribution is -0.870. The number of rotatable bonds is 62. The standard InChI is InChI=1S/C76H128NO8P/c1-6-8-10-12-14-16-18-20-22-24-26-28-30-32-34-36-37-38-39-41-42-44-46-48-50-52-54-56-58-60-62-64-66-68-75(78)82-72-74(73-84-86(80,81)83-71-70-77(3,4)5)85-76(79)69-67-65-63-61-59-57-55-53-51-49-47-45-43-40-35-33-31-29-27-25-23-21-19-17-15-13-11-9-7-2/h8-11,14-17,20-23,26-29,32-35,43,45,49,51,74H,6-7,12-13,18-19,24-25,30-31,36-42,44,46-48,50,52-73H2,1-5H3/b10-8-,11-9-,16-14-,17-15-,22-20-,23-21-,28-26-,29-27-,34-32-,35-33-,45-43-,51-49-. The Morgan fingerprint density at radius 3 is 0.930 bits per heavy atom. The van der Waals surface area contributed by atoms with Gasteiger partial charge in [-0.3, -0.25) is 14.2 Å². The Labute approximate surface area is 529 Å². The van der Waals surface area contributed by atoms with Crippen LogP contribution in [0.3, 0.4) is 0 Å². The Morgan fingerprint density at radius 2 is 0.628 bits per heavy atom. The van der Waals surface area contributed by atoms with E-state index in [0.29, 0.717) is 17.4 Å². The van der Waals surface area contributed by atoms with Gasteiger partial charge in [-0.05, 0) is 116 Å². The molecule has 2 unspecified atom stereocenters. The largest absolute Gasteiger partial charge is 0.756 e. The van der Waals surface area contributed by atoms with E-state index >= 15 is 0 Å². The van der Waals surface area contributed by atoms with Crippen LogP contribution in [0.4, 0.5) is 0 Å². The van der Waals surface area contributed by atoms with Crippen molar-refractivity contribution in [3.8, 4) is 0 Å². The fraction of sp³-hybridized carbons (Fsp3) is 0.658. The van der Waals surface area contributed by atoms with Gasteiger partial charge in [0, 0.05) is 12.8 Å². The second-order valence-electron chi connectivity index (χ2n) is 23.8. The van der Waals surface area contributed by atoms with E-state index < -0.39 is 26.5 Å². The molecule has 0 aromatic heterocycles. The lowest BCUT2D eigenvalue weighted by Gasteiger charge is -2.28. The van der Waals surface area contributed by atoms with E-state index in [9.17, 15) is 19.0 Å². The van der Waals surface area contributed by atoms with Gasteiger partial charge in [0.25, 0.3) is 7.82 Å². The van der Waals surface area contributed by atoms with E-state index in [1.54, 1.807) is 0 Å². The molecule has 0 aliphatic carbocycles. The van der Waals surface area contributed by atoms with Crippen LogP contribution in [0.15, 0.2) is 146 Å². The number of hydrogen-bond donors (Lipinski definition) is 0. The maximum atomic E-state index is 12.9. The van der Waals surface area contributed by atoms with Gasteiger partial charge in [0.2, 0.25) is 0 Å². The molecule has 0 aromatic carbocycles. The number of quaternary nitrogens is 1. The van der Waals surface area contributed by atoms with Crippen molar-refractivity contribution in [1.29, 1.82) is 0 Å².